The summed E-state index contributed by atoms with van der Waals surface area (Å²) < 4.78 is 6.83. The van der Waals surface area contributed by atoms with Crippen molar-refractivity contribution in [2.24, 2.45) is 5.73 Å². The lowest BCUT2D eigenvalue weighted by Gasteiger charge is -1.91. The van der Waals surface area contributed by atoms with Crippen LogP contribution in [0, 0.1) is 6.92 Å². The third-order valence-corrected chi connectivity index (χ3v) is 3.41. The van der Waals surface area contributed by atoms with Gasteiger partial charge in [-0.05, 0) is 6.92 Å². The van der Waals surface area contributed by atoms with Crippen molar-refractivity contribution in [3.8, 4) is 11.6 Å². The highest BCUT2D eigenvalue weighted by Gasteiger charge is 2.13. The molecule has 0 atom stereocenters. The van der Waals surface area contributed by atoms with Gasteiger partial charge < -0.3 is 10.3 Å². The van der Waals surface area contributed by atoms with Crippen LogP contribution in [0.4, 0.5) is 0 Å². The Kier molecular flexibility index (Phi) is 3.52. The zero-order valence-corrected chi connectivity index (χ0v) is 11.7. The van der Waals surface area contributed by atoms with E-state index in [1.165, 1.54) is 0 Å². The molecular formula is C11H13N7OS. The van der Waals surface area contributed by atoms with Crippen LogP contribution in [0.25, 0.3) is 11.6 Å². The normalized spacial score (nSPS) is 11.1. The minimum absolute atomic E-state index is 0.357. The molecule has 2 N–H and O–H groups in total. The maximum Gasteiger partial charge on any atom is 0.280 e. The molecule has 3 aromatic rings. The van der Waals surface area contributed by atoms with E-state index in [1.54, 1.807) is 22.2 Å². The molecule has 0 aliphatic carbocycles. The number of rotatable bonds is 5. The SMILES string of the molecule is Cc1nc(Cc2noc(-c3cn(CCN)nn3)n2)cs1. The van der Waals surface area contributed by atoms with E-state index in [-0.39, 0.29) is 0 Å². The first-order chi connectivity index (χ1) is 9.74. The number of nitrogens with zero attached hydrogens (tertiary/aromatic N) is 6. The molecule has 0 saturated carbocycles. The molecule has 0 aliphatic rings. The van der Waals surface area contributed by atoms with E-state index >= 15 is 0 Å². The van der Waals surface area contributed by atoms with E-state index in [2.05, 4.69) is 25.4 Å². The fourth-order valence-electron chi connectivity index (χ4n) is 1.72. The summed E-state index contributed by atoms with van der Waals surface area (Å²) in [5.41, 5.74) is 6.94. The molecule has 3 aromatic heterocycles. The number of nitrogens with two attached hydrogens (primary N) is 1. The lowest BCUT2D eigenvalue weighted by molar-refractivity contribution is 0.422. The first kappa shape index (κ1) is 12.9. The zero-order valence-electron chi connectivity index (χ0n) is 10.9. The van der Waals surface area contributed by atoms with Gasteiger partial charge in [0.1, 0.15) is 0 Å². The summed E-state index contributed by atoms with van der Waals surface area (Å²) in [7, 11) is 0. The maximum atomic E-state index is 5.45. The Bertz CT molecular complexity index is 701. The third kappa shape index (κ3) is 2.73. The molecule has 104 valence electrons. The predicted octanol–water partition coefficient (Wildman–Crippen LogP) is 0.643. The number of aromatic nitrogens is 6. The second-order valence-electron chi connectivity index (χ2n) is 4.21. The number of hydrogen-bond acceptors (Lipinski definition) is 8. The zero-order chi connectivity index (χ0) is 13.9. The molecule has 3 rings (SSSR count). The first-order valence-electron chi connectivity index (χ1n) is 6.09. The Morgan fingerprint density at radius 3 is 3.05 bits per heavy atom. The molecule has 8 nitrogen and oxygen atoms in total. The van der Waals surface area contributed by atoms with Crippen LogP contribution in [0.15, 0.2) is 16.1 Å². The molecule has 0 spiro atoms. The molecule has 0 fully saturated rings. The minimum atomic E-state index is 0.357. The lowest BCUT2D eigenvalue weighted by Crippen LogP contribution is -2.10. The fraction of sp³-hybridized carbons (Fsp3) is 0.364. The van der Waals surface area contributed by atoms with Gasteiger partial charge in [-0.2, -0.15) is 4.98 Å². The van der Waals surface area contributed by atoms with Gasteiger partial charge in [-0.15, -0.1) is 16.4 Å². The van der Waals surface area contributed by atoms with Crippen molar-refractivity contribution in [2.45, 2.75) is 19.9 Å². The summed E-state index contributed by atoms with van der Waals surface area (Å²) in [4.78, 5) is 8.67. The highest BCUT2D eigenvalue weighted by molar-refractivity contribution is 7.09. The molecule has 0 unspecified atom stereocenters. The van der Waals surface area contributed by atoms with Crippen molar-refractivity contribution >= 4 is 11.3 Å². The van der Waals surface area contributed by atoms with Crippen LogP contribution in [0.5, 0.6) is 0 Å². The van der Waals surface area contributed by atoms with Gasteiger partial charge in [0.2, 0.25) is 0 Å². The summed E-state index contributed by atoms with van der Waals surface area (Å²) in [5.74, 6) is 0.939. The molecule has 0 radical (unpaired) electrons. The average molecular weight is 291 g/mol. The van der Waals surface area contributed by atoms with Gasteiger partial charge in [-0.3, -0.25) is 4.68 Å². The maximum absolute atomic E-state index is 5.45. The van der Waals surface area contributed by atoms with Crippen LogP contribution in [-0.4, -0.2) is 36.7 Å². The number of hydrogen-bond donors (Lipinski definition) is 1. The molecule has 0 aromatic carbocycles. The smallest absolute Gasteiger partial charge is 0.280 e. The Morgan fingerprint density at radius 1 is 1.40 bits per heavy atom. The van der Waals surface area contributed by atoms with Crippen LogP contribution < -0.4 is 5.73 Å². The van der Waals surface area contributed by atoms with Crippen molar-refractivity contribution in [2.75, 3.05) is 6.54 Å². The summed E-state index contributed by atoms with van der Waals surface area (Å²) in [6.07, 6.45) is 2.28. The van der Waals surface area contributed by atoms with Gasteiger partial charge in [0.25, 0.3) is 5.89 Å². The second-order valence-corrected chi connectivity index (χ2v) is 5.27. The Morgan fingerprint density at radius 2 is 2.30 bits per heavy atom. The van der Waals surface area contributed by atoms with E-state index in [1.807, 2.05) is 12.3 Å². The highest BCUT2D eigenvalue weighted by atomic mass is 32.1. The van der Waals surface area contributed by atoms with Crippen molar-refractivity contribution in [1.82, 2.24) is 30.1 Å². The summed E-state index contributed by atoms with van der Waals surface area (Å²) in [5, 5.41) is 14.8. The lowest BCUT2D eigenvalue weighted by atomic mass is 10.3. The summed E-state index contributed by atoms with van der Waals surface area (Å²) in [6.45, 7) is 3.07. The van der Waals surface area contributed by atoms with Gasteiger partial charge in [0, 0.05) is 11.9 Å². The van der Waals surface area contributed by atoms with E-state index in [4.69, 9.17) is 10.3 Å². The van der Waals surface area contributed by atoms with E-state index in [0.717, 1.165) is 10.7 Å². The van der Waals surface area contributed by atoms with Gasteiger partial charge in [-0.1, -0.05) is 10.4 Å². The van der Waals surface area contributed by atoms with Crippen LogP contribution in [-0.2, 0) is 13.0 Å². The van der Waals surface area contributed by atoms with Crippen LogP contribution >= 0.6 is 11.3 Å². The predicted molar refractivity (Wildman–Crippen MR) is 72.0 cm³/mol. The van der Waals surface area contributed by atoms with Gasteiger partial charge in [0.05, 0.1) is 29.9 Å². The first-order valence-corrected chi connectivity index (χ1v) is 6.96. The van der Waals surface area contributed by atoms with Crippen molar-refractivity contribution in [3.05, 3.63) is 28.1 Å². The van der Waals surface area contributed by atoms with Crippen molar-refractivity contribution in [1.29, 1.82) is 0 Å². The molecule has 0 aliphatic heterocycles. The Labute approximate surface area is 118 Å². The Hall–Kier alpha value is -2.13. The second kappa shape index (κ2) is 5.47. The van der Waals surface area contributed by atoms with Gasteiger partial charge in [0.15, 0.2) is 11.5 Å². The molecule has 0 saturated heterocycles. The van der Waals surface area contributed by atoms with Gasteiger partial charge in [-0.25, -0.2) is 4.98 Å². The highest BCUT2D eigenvalue weighted by Crippen LogP contribution is 2.16. The van der Waals surface area contributed by atoms with E-state index < -0.39 is 0 Å². The molecule has 0 amide bonds. The minimum Gasteiger partial charge on any atom is -0.332 e. The summed E-state index contributed by atoms with van der Waals surface area (Å²) in [6, 6.07) is 0. The molecular weight excluding hydrogens is 278 g/mol. The molecule has 0 bridgehead atoms. The summed E-state index contributed by atoms with van der Waals surface area (Å²) >= 11 is 1.60. The van der Waals surface area contributed by atoms with Gasteiger partial charge >= 0.3 is 0 Å². The Balaban J connectivity index is 1.75. The number of thiazole rings is 1. The number of aryl methyl sites for hydroxylation is 1. The molecule has 9 heteroatoms. The van der Waals surface area contributed by atoms with Crippen molar-refractivity contribution < 1.29 is 4.52 Å². The average Bonchev–Trinajstić information content (AvgIpc) is 3.12. The monoisotopic (exact) mass is 291 g/mol. The standard InChI is InChI=1S/C11H13N7OS/c1-7-13-8(6-20-7)4-10-14-11(19-16-10)9-5-18(3-2-12)17-15-9/h5-6H,2-4,12H2,1H3. The van der Waals surface area contributed by atoms with Crippen LogP contribution in [0.1, 0.15) is 16.5 Å². The fourth-order valence-corrected chi connectivity index (χ4v) is 2.33. The van der Waals surface area contributed by atoms with E-state index in [9.17, 15) is 0 Å². The van der Waals surface area contributed by atoms with E-state index in [0.29, 0.717) is 36.9 Å². The third-order valence-electron chi connectivity index (χ3n) is 2.59. The topological polar surface area (TPSA) is 109 Å². The largest absolute Gasteiger partial charge is 0.332 e. The molecule has 3 heterocycles. The van der Waals surface area contributed by atoms with Crippen LogP contribution in [0.3, 0.4) is 0 Å². The van der Waals surface area contributed by atoms with Crippen molar-refractivity contribution in [3.63, 3.8) is 0 Å². The van der Waals surface area contributed by atoms with Crippen LogP contribution in [0.2, 0.25) is 0 Å². The molecule has 20 heavy (non-hydrogen) atoms. The quantitative estimate of drug-likeness (QED) is 0.734.